The van der Waals surface area contributed by atoms with Gasteiger partial charge in [0.1, 0.15) is 22.7 Å². The van der Waals surface area contributed by atoms with Gasteiger partial charge in [0.05, 0.1) is 11.6 Å². The van der Waals surface area contributed by atoms with Gasteiger partial charge in [0.25, 0.3) is 5.56 Å². The second-order valence-corrected chi connectivity index (χ2v) is 6.93. The maximum atomic E-state index is 11.9. The van der Waals surface area contributed by atoms with Gasteiger partial charge in [-0.3, -0.25) is 4.79 Å². The van der Waals surface area contributed by atoms with Crippen LogP contribution in [0.3, 0.4) is 0 Å². The molecule has 0 aliphatic carbocycles. The minimum atomic E-state index is -1.39. The number of hydrogen-bond acceptors (Lipinski definition) is 5. The standard InChI is InChI=1S/C19H20N2O4/c1-18(2)19(3,23)17(24-13-7-8-21(4)16(22)10-13)14-9-12(11-20)5-6-15(14)25-18/h5-10,17,23H,1-4H3. The molecule has 0 amide bonds. The summed E-state index contributed by atoms with van der Waals surface area (Å²) in [6.45, 7) is 5.17. The average Bonchev–Trinajstić information content (AvgIpc) is 2.55. The Balaban J connectivity index is 2.13. The van der Waals surface area contributed by atoms with Crippen LogP contribution in [0.5, 0.6) is 11.5 Å². The number of aryl methyl sites for hydroxylation is 1. The first-order valence-electron chi connectivity index (χ1n) is 7.94. The molecule has 1 aromatic heterocycles. The second-order valence-electron chi connectivity index (χ2n) is 6.93. The molecule has 0 saturated heterocycles. The van der Waals surface area contributed by atoms with E-state index in [9.17, 15) is 15.2 Å². The van der Waals surface area contributed by atoms with Crippen LogP contribution in [0.1, 0.15) is 38.0 Å². The first-order chi connectivity index (χ1) is 11.7. The molecule has 130 valence electrons. The molecule has 0 spiro atoms. The van der Waals surface area contributed by atoms with Crippen molar-refractivity contribution in [3.8, 4) is 17.6 Å². The number of benzene rings is 1. The van der Waals surface area contributed by atoms with Crippen molar-refractivity contribution >= 4 is 0 Å². The number of aromatic nitrogens is 1. The molecule has 2 heterocycles. The van der Waals surface area contributed by atoms with Crippen molar-refractivity contribution in [1.82, 2.24) is 4.57 Å². The smallest absolute Gasteiger partial charge is 0.253 e. The van der Waals surface area contributed by atoms with E-state index in [4.69, 9.17) is 9.47 Å². The number of fused-ring (bicyclic) bond motifs is 1. The summed E-state index contributed by atoms with van der Waals surface area (Å²) in [5.41, 5.74) is -1.53. The molecule has 3 rings (SSSR count). The Morgan fingerprint density at radius 1 is 1.28 bits per heavy atom. The van der Waals surface area contributed by atoms with Gasteiger partial charge in [0.2, 0.25) is 0 Å². The predicted molar refractivity (Wildman–Crippen MR) is 91.5 cm³/mol. The molecule has 1 aromatic carbocycles. The van der Waals surface area contributed by atoms with E-state index in [-0.39, 0.29) is 5.56 Å². The molecule has 0 radical (unpaired) electrons. The summed E-state index contributed by atoms with van der Waals surface area (Å²) >= 11 is 0. The van der Waals surface area contributed by atoms with Gasteiger partial charge >= 0.3 is 0 Å². The van der Waals surface area contributed by atoms with E-state index in [0.717, 1.165) is 0 Å². The van der Waals surface area contributed by atoms with Crippen LogP contribution >= 0.6 is 0 Å². The fraction of sp³-hybridized carbons (Fsp3) is 0.368. The average molecular weight is 340 g/mol. The maximum absolute atomic E-state index is 11.9. The highest BCUT2D eigenvalue weighted by Gasteiger charge is 2.54. The zero-order chi connectivity index (χ0) is 18.4. The number of rotatable bonds is 2. The largest absolute Gasteiger partial charge is 0.484 e. The number of nitrogens with zero attached hydrogens (tertiary/aromatic N) is 2. The lowest BCUT2D eigenvalue weighted by Crippen LogP contribution is -2.59. The molecule has 0 fully saturated rings. The second kappa shape index (κ2) is 5.64. The Kier molecular flexibility index (Phi) is 3.85. The Bertz CT molecular complexity index is 922. The molecule has 0 saturated carbocycles. The SMILES string of the molecule is Cn1ccc(OC2c3cc(C#N)ccc3OC(C)(C)C2(C)O)cc1=O. The van der Waals surface area contributed by atoms with Crippen LogP contribution < -0.4 is 15.0 Å². The lowest BCUT2D eigenvalue weighted by atomic mass is 9.77. The number of hydrogen-bond donors (Lipinski definition) is 1. The van der Waals surface area contributed by atoms with Crippen molar-refractivity contribution in [2.24, 2.45) is 7.05 Å². The fourth-order valence-corrected chi connectivity index (χ4v) is 2.83. The third-order valence-electron chi connectivity index (χ3n) is 4.85. The molecule has 1 N–H and O–H groups in total. The summed E-state index contributed by atoms with van der Waals surface area (Å²) in [6.07, 6.45) is 0.801. The lowest BCUT2D eigenvalue weighted by Gasteiger charge is -2.48. The van der Waals surface area contributed by atoms with E-state index in [1.165, 1.54) is 10.6 Å². The van der Waals surface area contributed by atoms with Gasteiger partial charge in [-0.05, 0) is 45.0 Å². The van der Waals surface area contributed by atoms with Gasteiger partial charge in [-0.2, -0.15) is 5.26 Å². The summed E-state index contributed by atoms with van der Waals surface area (Å²) in [5.74, 6) is 0.892. The Labute approximate surface area is 145 Å². The van der Waals surface area contributed by atoms with Gasteiger partial charge < -0.3 is 19.1 Å². The van der Waals surface area contributed by atoms with Crippen molar-refractivity contribution in [3.63, 3.8) is 0 Å². The quantitative estimate of drug-likeness (QED) is 0.907. The van der Waals surface area contributed by atoms with E-state index in [1.54, 1.807) is 58.3 Å². The molecule has 0 bridgehead atoms. The first kappa shape index (κ1) is 17.1. The summed E-state index contributed by atoms with van der Waals surface area (Å²) in [6, 6.07) is 10.1. The molecular weight excluding hydrogens is 320 g/mol. The van der Waals surface area contributed by atoms with E-state index in [0.29, 0.717) is 22.6 Å². The van der Waals surface area contributed by atoms with E-state index >= 15 is 0 Å². The van der Waals surface area contributed by atoms with Gasteiger partial charge in [0, 0.05) is 24.9 Å². The van der Waals surface area contributed by atoms with E-state index in [2.05, 4.69) is 6.07 Å². The van der Waals surface area contributed by atoms with Crippen LogP contribution in [0.15, 0.2) is 41.3 Å². The third-order valence-corrected chi connectivity index (χ3v) is 4.85. The summed E-state index contributed by atoms with van der Waals surface area (Å²) in [4.78, 5) is 11.9. The topological polar surface area (TPSA) is 84.5 Å². The molecule has 2 atom stereocenters. The normalized spacial score (nSPS) is 23.9. The van der Waals surface area contributed by atoms with Crippen LogP contribution in [0.4, 0.5) is 0 Å². The zero-order valence-corrected chi connectivity index (χ0v) is 14.6. The van der Waals surface area contributed by atoms with Crippen LogP contribution in [0.2, 0.25) is 0 Å². The molecule has 6 heteroatoms. The van der Waals surface area contributed by atoms with Crippen molar-refractivity contribution in [2.45, 2.75) is 38.1 Å². The molecule has 1 aliphatic heterocycles. The Hall–Kier alpha value is -2.78. The number of nitriles is 1. The first-order valence-corrected chi connectivity index (χ1v) is 7.94. The summed E-state index contributed by atoms with van der Waals surface area (Å²) in [7, 11) is 1.65. The van der Waals surface area contributed by atoms with Crippen LogP contribution in [0.25, 0.3) is 0 Å². The van der Waals surface area contributed by atoms with Crippen molar-refractivity contribution in [1.29, 1.82) is 5.26 Å². The van der Waals surface area contributed by atoms with Crippen LogP contribution in [-0.4, -0.2) is 20.9 Å². The number of pyridine rings is 1. The van der Waals surface area contributed by atoms with Gasteiger partial charge in [-0.25, -0.2) is 0 Å². The fourth-order valence-electron chi connectivity index (χ4n) is 2.83. The minimum absolute atomic E-state index is 0.213. The van der Waals surface area contributed by atoms with E-state index < -0.39 is 17.3 Å². The number of ether oxygens (including phenoxy) is 2. The van der Waals surface area contributed by atoms with Crippen LogP contribution in [0, 0.1) is 11.3 Å². The summed E-state index contributed by atoms with van der Waals surface area (Å²) in [5, 5.41) is 20.3. The molecule has 1 aliphatic rings. The van der Waals surface area contributed by atoms with Crippen molar-refractivity contribution in [3.05, 3.63) is 58.0 Å². The highest BCUT2D eigenvalue weighted by molar-refractivity contribution is 5.47. The van der Waals surface area contributed by atoms with E-state index in [1.807, 2.05) is 0 Å². The van der Waals surface area contributed by atoms with Gasteiger partial charge in [0.15, 0.2) is 6.10 Å². The van der Waals surface area contributed by atoms with Crippen LogP contribution in [-0.2, 0) is 7.05 Å². The zero-order valence-electron chi connectivity index (χ0n) is 14.6. The van der Waals surface area contributed by atoms with Crippen molar-refractivity contribution < 1.29 is 14.6 Å². The summed E-state index contributed by atoms with van der Waals surface area (Å²) < 4.78 is 13.4. The van der Waals surface area contributed by atoms with Crippen molar-refractivity contribution in [2.75, 3.05) is 0 Å². The number of aliphatic hydroxyl groups is 1. The molecule has 2 aromatic rings. The Morgan fingerprint density at radius 2 is 2.00 bits per heavy atom. The molecule has 6 nitrogen and oxygen atoms in total. The van der Waals surface area contributed by atoms with Gasteiger partial charge in [-0.15, -0.1) is 0 Å². The maximum Gasteiger partial charge on any atom is 0.253 e. The van der Waals surface area contributed by atoms with Gasteiger partial charge in [-0.1, -0.05) is 0 Å². The lowest BCUT2D eigenvalue weighted by molar-refractivity contribution is -0.174. The molecule has 2 unspecified atom stereocenters. The molecule has 25 heavy (non-hydrogen) atoms. The predicted octanol–water partition coefficient (Wildman–Crippen LogP) is 2.30. The highest BCUT2D eigenvalue weighted by atomic mass is 16.5. The Morgan fingerprint density at radius 3 is 2.64 bits per heavy atom. The molecular formula is C19H20N2O4. The monoisotopic (exact) mass is 340 g/mol. The minimum Gasteiger partial charge on any atom is -0.484 e. The highest BCUT2D eigenvalue weighted by Crippen LogP contribution is 2.48. The third kappa shape index (κ3) is 2.77.